The van der Waals surface area contributed by atoms with Gasteiger partial charge < -0.3 is 34.9 Å². The fraction of sp³-hybridized carbons (Fsp3) is 0.363. The smallest absolute Gasteiger partial charge is 0.391 e. The molecule has 2 aliphatic heterocycles. The normalized spacial score (nSPS) is 13.0. The fourth-order valence-electron chi connectivity index (χ4n) is 15.0. The summed E-state index contributed by atoms with van der Waals surface area (Å²) in [4.78, 5) is 21.6. The van der Waals surface area contributed by atoms with Crippen molar-refractivity contribution in [3.8, 4) is 36.0 Å². The number of nitrogens with one attached hydrogen (secondary N) is 2. The SMILES string of the molecule is C#CC(C)(C)C.CC(C)CBr.CC(C)CN(C)Cc1cccc2ccccc12.CN(C/C=C/C#CC(C)(C)C)Cc1cccc2ccccc12.CN(CC=O)Cc1cccc2ccccc12.CN(Cc1cccc2ccccc12)CC(O)CC#CC(C)(C)C.CN(Cc1cccc2ccccc12)CC1CO1.CNCc1cccc2ccccc12.CNCc1cccc2ccccc12.Cl.Cl.ClCC1CO1.[H+]. The van der Waals surface area contributed by atoms with Gasteiger partial charge in [0.15, 0.2) is 0 Å². The van der Waals surface area contributed by atoms with Gasteiger partial charge in [-0.2, -0.15) is 0 Å². The number of rotatable bonds is 27. The number of aliphatic hydroxyl groups is 1. The number of carbonyl (C=O) groups excluding carboxylic acids is 1. The quantitative estimate of drug-likeness (QED) is 0.0199. The Hall–Kier alpha value is -10.1. The number of fused-ring (bicyclic) bond motifs is 7. The number of allylic oxidation sites excluding steroid dienone is 1. The molecule has 0 saturated carbocycles. The number of hydrogen-bond acceptors (Lipinski definition) is 11. The predicted octanol–water partition coefficient (Wildman–Crippen LogP) is 28.4. The van der Waals surface area contributed by atoms with E-state index in [4.69, 9.17) is 27.5 Å². The van der Waals surface area contributed by atoms with E-state index in [1.54, 1.807) is 0 Å². The van der Waals surface area contributed by atoms with Crippen molar-refractivity contribution in [2.24, 2.45) is 28.1 Å². The van der Waals surface area contributed by atoms with Crippen molar-refractivity contribution < 1.29 is 20.8 Å². The third-order valence-corrected chi connectivity index (χ3v) is 23.4. The molecule has 0 amide bonds. The van der Waals surface area contributed by atoms with Crippen molar-refractivity contribution in [2.75, 3.05) is 106 Å². The van der Waals surface area contributed by atoms with Gasteiger partial charge in [-0.05, 0) is 244 Å². The minimum Gasteiger partial charge on any atom is -0.391 e. The zero-order chi connectivity index (χ0) is 99.6. The topological polar surface area (TPSA) is 103 Å². The summed E-state index contributed by atoms with van der Waals surface area (Å²) in [7, 11) is 14.4. The molecular formula is C124H158BrCl3N7O4+. The van der Waals surface area contributed by atoms with Crippen LogP contribution in [0.5, 0.6) is 0 Å². The lowest BCUT2D eigenvalue weighted by molar-refractivity contribution is -0.108. The molecule has 2 saturated heterocycles. The monoisotopic (exact) mass is 1990 g/mol. The molecular weight excluding hydrogens is 1840 g/mol. The van der Waals surface area contributed by atoms with E-state index >= 15 is 0 Å². The first kappa shape index (κ1) is 119. The number of ether oxygens (including phenoxy) is 2. The van der Waals surface area contributed by atoms with Gasteiger partial charge in [0, 0.05) is 100.0 Å². The van der Waals surface area contributed by atoms with E-state index in [0.717, 1.165) is 102 Å². The number of aliphatic hydroxyl groups excluding tert-OH is 1. The van der Waals surface area contributed by atoms with Crippen molar-refractivity contribution >= 4 is 134 Å². The number of halogens is 4. The van der Waals surface area contributed by atoms with Gasteiger partial charge in [-0.3, -0.25) is 19.6 Å². The first-order chi connectivity index (χ1) is 65.7. The molecule has 2 aliphatic rings. The maximum atomic E-state index is 10.4. The predicted molar refractivity (Wildman–Crippen MR) is 613 cm³/mol. The molecule has 0 radical (unpaired) electrons. The average Bonchev–Trinajstić information content (AvgIpc) is 1.14. The molecule has 14 aromatic rings. The molecule has 3 N–H and O–H groups in total. The molecule has 15 heteroatoms. The maximum absolute atomic E-state index is 10.4. The molecule has 2 fully saturated rings. The van der Waals surface area contributed by atoms with Crippen LogP contribution >= 0.6 is 52.3 Å². The zero-order valence-electron chi connectivity index (χ0n) is 87.5. The Balaban J connectivity index is 0.000000332. The van der Waals surface area contributed by atoms with E-state index in [0.29, 0.717) is 37.6 Å². The summed E-state index contributed by atoms with van der Waals surface area (Å²) >= 11 is 8.59. The van der Waals surface area contributed by atoms with E-state index in [1.165, 1.54) is 114 Å². The molecule has 16 rings (SSSR count). The highest BCUT2D eigenvalue weighted by Gasteiger charge is 2.24. The summed E-state index contributed by atoms with van der Waals surface area (Å²) in [5.41, 5.74) is 9.60. The van der Waals surface area contributed by atoms with Crippen LogP contribution in [-0.2, 0) is 60.1 Å². The highest BCUT2D eigenvalue weighted by atomic mass is 79.9. The molecule has 0 spiro atoms. The lowest BCUT2D eigenvalue weighted by atomic mass is 9.97. The second kappa shape index (κ2) is 64.4. The number of benzene rings is 14. The van der Waals surface area contributed by atoms with E-state index in [9.17, 15) is 9.90 Å². The first-order valence-electron chi connectivity index (χ1n) is 48.3. The number of hydrogen-bond donors (Lipinski definition) is 3. The third kappa shape index (κ3) is 47.4. The van der Waals surface area contributed by atoms with Gasteiger partial charge in [0.05, 0.1) is 44.0 Å². The van der Waals surface area contributed by atoms with Gasteiger partial charge in [-0.15, -0.1) is 54.7 Å². The molecule has 2 heterocycles. The average molecular weight is 2000 g/mol. The van der Waals surface area contributed by atoms with E-state index in [-0.39, 0.29) is 42.5 Å². The van der Waals surface area contributed by atoms with Gasteiger partial charge >= 0.3 is 1.43 Å². The van der Waals surface area contributed by atoms with Crippen LogP contribution in [0.1, 0.15) is 137 Å². The van der Waals surface area contributed by atoms with Crippen LogP contribution in [0.25, 0.3) is 75.4 Å². The van der Waals surface area contributed by atoms with Crippen LogP contribution in [0.15, 0.2) is 309 Å². The van der Waals surface area contributed by atoms with Crippen LogP contribution in [0, 0.1) is 64.1 Å². The lowest BCUT2D eigenvalue weighted by Crippen LogP contribution is -2.28. The Morgan fingerprint density at radius 3 is 0.935 bits per heavy atom. The molecule has 0 bridgehead atoms. The minimum atomic E-state index is -0.412. The van der Waals surface area contributed by atoms with Crippen LogP contribution in [0.4, 0.5) is 0 Å². The van der Waals surface area contributed by atoms with Crippen molar-refractivity contribution in [3.63, 3.8) is 0 Å². The Labute approximate surface area is 863 Å². The Morgan fingerprint density at radius 1 is 0.410 bits per heavy atom. The molecule has 0 aliphatic carbocycles. The molecule has 3 atom stereocenters. The van der Waals surface area contributed by atoms with Crippen LogP contribution in [-0.4, -0.2) is 161 Å². The van der Waals surface area contributed by atoms with Gasteiger partial charge in [-0.25, -0.2) is 0 Å². The molecule has 139 heavy (non-hydrogen) atoms. The highest BCUT2D eigenvalue weighted by Crippen LogP contribution is 2.28. The van der Waals surface area contributed by atoms with E-state index < -0.39 is 6.10 Å². The number of likely N-dealkylation sites (N-methyl/N-ethyl adjacent to an activating group) is 4. The van der Waals surface area contributed by atoms with Crippen molar-refractivity contribution in [2.45, 2.75) is 161 Å². The standard InChI is InChI=1S/C21H27NO.C21H25N.C16H21N.C15H17NO.C14H15NO.2C12H13N.C6H10.C4H9Br.C3H5ClO.2ClH/c1-21(2,3)14-8-12-19(23)16-22(4)15-18-11-7-10-17-9-5-6-13-20(17)18;1-21(2,3)15-8-5-9-16-22(4)17-19-13-10-12-18-11-6-7-14-20(18)19;1-13(2)11-17(3)12-15-9-6-8-14-7-4-5-10-16(14)15;1-16(10-14-11-17-14)9-13-7-4-6-12-5-2-3-8-15(12)13;1-15(9-10-16)11-13-7-4-6-12-5-2-3-8-14(12)13;2*1-13-9-11-7-4-6-10-5-2-3-8-12(10)11;1-5-6(2,3)4;1-4(2)3-5;4-1-3-2-5-3;;/h5-7,9-11,13,19,23H,12,15-16H2,1-4H3;5-7,9-14H,16-17H2,1-4H3;4-10,13H,11-12H2,1-3H3;2-8,14H,9-11H2,1H3;2-8,10H,9,11H2,1H3;2*2-8,13H,9H2,1H3;1H,2-4H3;4H,3H2,1-2H3;3H,1-2H2;2*1H/p+1/b;9-5+;;;;;;;;;;. The maximum Gasteiger partial charge on any atom is 1.00 e. The number of terminal acetylenes is 1. The molecule has 14 aromatic carbocycles. The summed E-state index contributed by atoms with van der Waals surface area (Å²) in [6, 6.07) is 105. The van der Waals surface area contributed by atoms with Gasteiger partial charge in [0.1, 0.15) is 6.29 Å². The Morgan fingerprint density at radius 2 is 0.676 bits per heavy atom. The van der Waals surface area contributed by atoms with E-state index in [2.05, 4.69) is 457 Å². The highest BCUT2D eigenvalue weighted by molar-refractivity contribution is 9.09. The largest absolute Gasteiger partial charge is 1.00 e. The van der Waals surface area contributed by atoms with E-state index in [1.807, 2.05) is 72.1 Å². The summed E-state index contributed by atoms with van der Waals surface area (Å²) in [6.45, 7) is 40.0. The van der Waals surface area contributed by atoms with Gasteiger partial charge in [0.2, 0.25) is 0 Å². The Kier molecular flexibility index (Phi) is 55.3. The zero-order valence-corrected chi connectivity index (χ0v) is 90.5. The third-order valence-electron chi connectivity index (χ3n) is 21.8. The minimum absolute atomic E-state index is 0. The molecule has 0 aromatic heterocycles. The number of aldehydes is 1. The Bertz CT molecular complexity index is 5920. The van der Waals surface area contributed by atoms with Crippen LogP contribution in [0.2, 0.25) is 0 Å². The number of alkyl halides is 2. The van der Waals surface area contributed by atoms with Crippen molar-refractivity contribution in [1.82, 2.24) is 35.1 Å². The van der Waals surface area contributed by atoms with Crippen LogP contribution < -0.4 is 10.6 Å². The second-order valence-electron chi connectivity index (χ2n) is 39.4. The molecule has 3 unspecified atom stereocenters. The van der Waals surface area contributed by atoms with Crippen molar-refractivity contribution in [1.29, 1.82) is 0 Å². The van der Waals surface area contributed by atoms with Crippen molar-refractivity contribution in [3.05, 3.63) is 348 Å². The summed E-state index contributed by atoms with van der Waals surface area (Å²) in [6.07, 6.45) is 11.1. The van der Waals surface area contributed by atoms with Gasteiger partial charge in [0.25, 0.3) is 0 Å². The van der Waals surface area contributed by atoms with Crippen LogP contribution in [0.3, 0.4) is 0 Å². The lowest BCUT2D eigenvalue weighted by Gasteiger charge is -2.20. The number of nitrogens with zero attached hydrogens (tertiary/aromatic N) is 5. The molecule has 11 nitrogen and oxygen atoms in total. The summed E-state index contributed by atoms with van der Waals surface area (Å²) in [5.74, 6) is 17.4. The fourth-order valence-corrected chi connectivity index (χ4v) is 15.2. The molecule has 740 valence electrons. The number of carbonyl (C=O) groups is 1. The number of epoxide rings is 2. The summed E-state index contributed by atoms with van der Waals surface area (Å²) < 4.78 is 9.99. The first-order valence-corrected chi connectivity index (χ1v) is 50.0. The van der Waals surface area contributed by atoms with Gasteiger partial charge in [-0.1, -0.05) is 365 Å². The second-order valence-corrected chi connectivity index (χ2v) is 40.4. The summed E-state index contributed by atoms with van der Waals surface area (Å²) in [5, 5.41) is 36.1.